The summed E-state index contributed by atoms with van der Waals surface area (Å²) in [4.78, 5) is 4.43. The van der Waals surface area contributed by atoms with Gasteiger partial charge in [-0.05, 0) is 74.9 Å². The van der Waals surface area contributed by atoms with Gasteiger partial charge in [-0.25, -0.2) is 0 Å². The summed E-state index contributed by atoms with van der Waals surface area (Å²) >= 11 is 0. The molecule has 2 aliphatic carbocycles. The lowest BCUT2D eigenvalue weighted by Crippen LogP contribution is -2.06. The Kier molecular flexibility index (Phi) is 4.84. The van der Waals surface area contributed by atoms with E-state index in [2.05, 4.69) is 34.3 Å². The van der Waals surface area contributed by atoms with Gasteiger partial charge >= 0.3 is 0 Å². The van der Waals surface area contributed by atoms with Gasteiger partial charge < -0.3 is 9.84 Å². The van der Waals surface area contributed by atoms with Crippen molar-refractivity contribution in [2.45, 2.75) is 58.8 Å². The van der Waals surface area contributed by atoms with Crippen LogP contribution < -0.4 is 5.32 Å². The average Bonchev–Trinajstić information content (AvgIpc) is 3.21. The first-order valence-corrected chi connectivity index (χ1v) is 9.96. The zero-order valence-electron chi connectivity index (χ0n) is 16.0. The van der Waals surface area contributed by atoms with Crippen LogP contribution in [0.15, 0.2) is 21.6 Å². The van der Waals surface area contributed by atoms with Crippen molar-refractivity contribution in [1.29, 1.82) is 0 Å². The maximum Gasteiger partial charge on any atom is 0.141 e. The van der Waals surface area contributed by atoms with Gasteiger partial charge in [-0.3, -0.25) is 4.99 Å². The highest BCUT2D eigenvalue weighted by molar-refractivity contribution is 5.81. The molecule has 2 aromatic rings. The first kappa shape index (κ1) is 17.3. The minimum absolute atomic E-state index is 0.770. The third kappa shape index (κ3) is 3.55. The number of anilines is 1. The second kappa shape index (κ2) is 7.26. The van der Waals surface area contributed by atoms with Crippen molar-refractivity contribution in [3.8, 4) is 11.1 Å². The maximum absolute atomic E-state index is 5.42. The predicted molar refractivity (Wildman–Crippen MR) is 107 cm³/mol. The molecular weight excluding hydrogens is 322 g/mol. The normalized spacial score (nSPS) is 17.6. The molecule has 1 N–H and O–H groups in total. The van der Waals surface area contributed by atoms with E-state index in [0.717, 1.165) is 53.2 Å². The summed E-state index contributed by atoms with van der Waals surface area (Å²) in [6.07, 6.45) is 9.14. The largest absolute Gasteiger partial charge is 0.383 e. The van der Waals surface area contributed by atoms with Gasteiger partial charge in [0, 0.05) is 12.1 Å². The number of nitrogens with zero attached hydrogens (tertiary/aromatic N) is 2. The van der Waals surface area contributed by atoms with E-state index in [1.54, 1.807) is 0 Å². The molecule has 0 aliphatic heterocycles. The molecule has 26 heavy (non-hydrogen) atoms. The van der Waals surface area contributed by atoms with Crippen LogP contribution in [0.3, 0.4) is 0 Å². The van der Waals surface area contributed by atoms with Crippen LogP contribution in [0.25, 0.3) is 11.1 Å². The van der Waals surface area contributed by atoms with Crippen LogP contribution in [-0.4, -0.2) is 18.4 Å². The van der Waals surface area contributed by atoms with Gasteiger partial charge in [-0.2, -0.15) is 0 Å². The number of hydrogen-bond acceptors (Lipinski definition) is 4. The molecular formula is C22H29N3O. The molecule has 2 saturated carbocycles. The molecule has 4 rings (SSSR count). The van der Waals surface area contributed by atoms with E-state index in [0.29, 0.717) is 0 Å². The lowest BCUT2D eigenvalue weighted by atomic mass is 9.92. The quantitative estimate of drug-likeness (QED) is 0.637. The Morgan fingerprint density at radius 1 is 1.15 bits per heavy atom. The summed E-state index contributed by atoms with van der Waals surface area (Å²) in [5, 5.41) is 7.80. The fourth-order valence-corrected chi connectivity index (χ4v) is 4.31. The SMILES string of the molecule is C=Nc1c(CC2CCCC2)cc(-c2c(C)noc2C)cc1NCC1CC1. The second-order valence-electron chi connectivity index (χ2n) is 8.07. The van der Waals surface area contributed by atoms with Crippen molar-refractivity contribution >= 4 is 18.1 Å². The molecule has 0 unspecified atom stereocenters. The van der Waals surface area contributed by atoms with Gasteiger partial charge in [0.2, 0.25) is 0 Å². The van der Waals surface area contributed by atoms with E-state index in [1.165, 1.54) is 49.7 Å². The molecule has 4 nitrogen and oxygen atoms in total. The molecule has 2 fully saturated rings. The number of aromatic nitrogens is 1. The van der Waals surface area contributed by atoms with E-state index in [9.17, 15) is 0 Å². The van der Waals surface area contributed by atoms with Crippen molar-refractivity contribution in [3.63, 3.8) is 0 Å². The van der Waals surface area contributed by atoms with E-state index in [4.69, 9.17) is 4.52 Å². The molecule has 0 atom stereocenters. The smallest absolute Gasteiger partial charge is 0.141 e. The van der Waals surface area contributed by atoms with Gasteiger partial charge in [-0.15, -0.1) is 0 Å². The Labute approximate surface area is 156 Å². The maximum atomic E-state index is 5.42. The molecule has 138 valence electrons. The summed E-state index contributed by atoms with van der Waals surface area (Å²) in [6.45, 7) is 8.90. The first-order valence-electron chi connectivity index (χ1n) is 9.96. The topological polar surface area (TPSA) is 50.4 Å². The summed E-state index contributed by atoms with van der Waals surface area (Å²) in [7, 11) is 0. The second-order valence-corrected chi connectivity index (χ2v) is 8.07. The molecule has 0 saturated heterocycles. The minimum Gasteiger partial charge on any atom is -0.383 e. The third-order valence-corrected chi connectivity index (χ3v) is 5.93. The van der Waals surface area contributed by atoms with E-state index in [1.807, 2.05) is 13.8 Å². The van der Waals surface area contributed by atoms with Crippen LogP contribution in [0, 0.1) is 25.7 Å². The van der Waals surface area contributed by atoms with Crippen LogP contribution in [0.2, 0.25) is 0 Å². The summed E-state index contributed by atoms with van der Waals surface area (Å²) in [6, 6.07) is 4.49. The first-order chi connectivity index (χ1) is 12.7. The molecule has 0 bridgehead atoms. The monoisotopic (exact) mass is 351 g/mol. The fraction of sp³-hybridized carbons (Fsp3) is 0.545. The van der Waals surface area contributed by atoms with Crippen LogP contribution in [0.5, 0.6) is 0 Å². The lowest BCUT2D eigenvalue weighted by Gasteiger charge is -2.18. The van der Waals surface area contributed by atoms with Crippen molar-refractivity contribution in [3.05, 3.63) is 29.2 Å². The number of aryl methyl sites for hydroxylation is 2. The van der Waals surface area contributed by atoms with E-state index >= 15 is 0 Å². The average molecular weight is 351 g/mol. The molecule has 4 heteroatoms. The Morgan fingerprint density at radius 3 is 2.54 bits per heavy atom. The Balaban J connectivity index is 1.74. The Bertz CT molecular complexity index is 778. The zero-order valence-corrected chi connectivity index (χ0v) is 16.0. The van der Waals surface area contributed by atoms with Gasteiger partial charge in [-0.1, -0.05) is 30.8 Å². The van der Waals surface area contributed by atoms with Crippen LogP contribution >= 0.6 is 0 Å². The Morgan fingerprint density at radius 2 is 1.92 bits per heavy atom. The van der Waals surface area contributed by atoms with Crippen LogP contribution in [0.4, 0.5) is 11.4 Å². The van der Waals surface area contributed by atoms with E-state index < -0.39 is 0 Å². The molecule has 1 aromatic carbocycles. The summed E-state index contributed by atoms with van der Waals surface area (Å²) in [5.74, 6) is 2.46. The molecule has 1 aromatic heterocycles. The van der Waals surface area contributed by atoms with Crippen molar-refractivity contribution in [2.24, 2.45) is 16.8 Å². The number of aliphatic imine (C=N–C) groups is 1. The number of rotatable bonds is 7. The van der Waals surface area contributed by atoms with Gasteiger partial charge in [0.25, 0.3) is 0 Å². The zero-order chi connectivity index (χ0) is 18.1. The van der Waals surface area contributed by atoms with Crippen molar-refractivity contribution < 1.29 is 4.52 Å². The standard InChI is InChI=1S/C22H29N3O/c1-14-21(15(2)26-25-14)18-11-19(10-16-6-4-5-7-16)22(23-3)20(12-18)24-13-17-8-9-17/h11-12,16-17,24H,3-10,13H2,1-2H3. The molecule has 1 heterocycles. The third-order valence-electron chi connectivity index (χ3n) is 5.93. The highest BCUT2D eigenvalue weighted by atomic mass is 16.5. The van der Waals surface area contributed by atoms with Gasteiger partial charge in [0.15, 0.2) is 0 Å². The van der Waals surface area contributed by atoms with Crippen LogP contribution in [0.1, 0.15) is 55.5 Å². The van der Waals surface area contributed by atoms with Crippen molar-refractivity contribution in [1.82, 2.24) is 5.16 Å². The minimum atomic E-state index is 0.770. The molecule has 0 radical (unpaired) electrons. The summed E-state index contributed by atoms with van der Waals surface area (Å²) in [5.41, 5.74) is 6.69. The number of nitrogens with one attached hydrogen (secondary N) is 1. The summed E-state index contributed by atoms with van der Waals surface area (Å²) < 4.78 is 5.42. The van der Waals surface area contributed by atoms with Crippen LogP contribution in [-0.2, 0) is 6.42 Å². The predicted octanol–water partition coefficient (Wildman–Crippen LogP) is 5.85. The molecule has 0 spiro atoms. The van der Waals surface area contributed by atoms with Crippen molar-refractivity contribution in [2.75, 3.05) is 11.9 Å². The molecule has 0 amide bonds. The highest BCUT2D eigenvalue weighted by Gasteiger charge is 2.24. The Hall–Kier alpha value is -2.10. The van der Waals surface area contributed by atoms with Gasteiger partial charge in [0.05, 0.1) is 17.1 Å². The number of benzene rings is 1. The number of hydrogen-bond donors (Lipinski definition) is 1. The highest BCUT2D eigenvalue weighted by Crippen LogP contribution is 2.40. The van der Waals surface area contributed by atoms with E-state index in [-0.39, 0.29) is 0 Å². The fourth-order valence-electron chi connectivity index (χ4n) is 4.31. The van der Waals surface area contributed by atoms with Gasteiger partial charge in [0.1, 0.15) is 5.76 Å². The lowest BCUT2D eigenvalue weighted by molar-refractivity contribution is 0.393. The molecule has 2 aliphatic rings.